The summed E-state index contributed by atoms with van der Waals surface area (Å²) in [5.41, 5.74) is -0.769. The van der Waals surface area contributed by atoms with E-state index in [9.17, 15) is 28.8 Å². The zero-order chi connectivity index (χ0) is 29.7. The molecule has 224 valence electrons. The first-order valence-electron chi connectivity index (χ1n) is 13.5. The van der Waals surface area contributed by atoms with Crippen LogP contribution in [0.25, 0.3) is 0 Å². The maximum atomic E-state index is 12.2. The zero-order valence-corrected chi connectivity index (χ0v) is 23.6. The first kappa shape index (κ1) is 35.8. The van der Waals surface area contributed by atoms with Gasteiger partial charge in [0.15, 0.2) is 6.10 Å². The number of esters is 5. The van der Waals surface area contributed by atoms with E-state index < -0.39 is 60.8 Å². The van der Waals surface area contributed by atoms with Gasteiger partial charge in [-0.1, -0.05) is 20.3 Å². The topological polar surface area (TPSA) is 169 Å². The maximum Gasteiger partial charge on any atom is 0.311 e. The van der Waals surface area contributed by atoms with Crippen molar-refractivity contribution in [2.45, 2.75) is 104 Å². The Bertz CT molecular complexity index is 790. The minimum absolute atomic E-state index is 0.159. The van der Waals surface area contributed by atoms with Gasteiger partial charge < -0.3 is 28.8 Å². The largest absolute Gasteiger partial charge is 0.481 e. The number of ether oxygens (including phenoxy) is 5. The predicted molar refractivity (Wildman–Crippen MR) is 137 cm³/mol. The van der Waals surface area contributed by atoms with E-state index in [4.69, 9.17) is 28.8 Å². The fraction of sp³-hybridized carbons (Fsp3) is 0.778. The number of rotatable bonds is 22. The van der Waals surface area contributed by atoms with Crippen LogP contribution in [0.15, 0.2) is 0 Å². The summed E-state index contributed by atoms with van der Waals surface area (Å²) < 4.78 is 25.5. The van der Waals surface area contributed by atoms with Gasteiger partial charge in [0, 0.05) is 6.42 Å². The van der Waals surface area contributed by atoms with Crippen LogP contribution in [0.2, 0.25) is 0 Å². The van der Waals surface area contributed by atoms with E-state index in [0.717, 1.165) is 12.8 Å². The van der Waals surface area contributed by atoms with Crippen molar-refractivity contribution in [2.24, 2.45) is 5.41 Å². The Morgan fingerprint density at radius 3 is 1.77 bits per heavy atom. The molecule has 0 radical (unpaired) electrons. The summed E-state index contributed by atoms with van der Waals surface area (Å²) in [5.74, 6) is -4.13. The van der Waals surface area contributed by atoms with Crippen LogP contribution in [-0.4, -0.2) is 73.5 Å². The summed E-state index contributed by atoms with van der Waals surface area (Å²) in [4.78, 5) is 70.2. The predicted octanol–water partition coefficient (Wildman–Crippen LogP) is 3.51. The normalized spacial score (nSPS) is 11.7. The Kier molecular flexibility index (Phi) is 19.0. The second kappa shape index (κ2) is 20.7. The highest BCUT2D eigenvalue weighted by Gasteiger charge is 2.29. The Morgan fingerprint density at radius 2 is 1.18 bits per heavy atom. The summed E-state index contributed by atoms with van der Waals surface area (Å²) in [7, 11) is 0. The average Bonchev–Trinajstić information content (AvgIpc) is 2.89. The molecular formula is C27H44O12. The fourth-order valence-corrected chi connectivity index (χ4v) is 2.75. The zero-order valence-electron chi connectivity index (χ0n) is 23.6. The minimum atomic E-state index is -1.18. The molecule has 1 unspecified atom stereocenters. The first-order valence-corrected chi connectivity index (χ1v) is 13.5. The SMILES string of the molecule is CCCCOC(=O)CCCCCOC(=O)CCC(=O)OCC(COC(=O)C(C)(C)CC)OC(=O)CCC(=O)O. The Hall–Kier alpha value is -3.18. The molecule has 12 nitrogen and oxygen atoms in total. The van der Waals surface area contributed by atoms with E-state index in [0.29, 0.717) is 38.7 Å². The second-order valence-corrected chi connectivity index (χ2v) is 9.63. The van der Waals surface area contributed by atoms with Crippen molar-refractivity contribution < 1.29 is 57.6 Å². The molecule has 0 fully saturated rings. The lowest BCUT2D eigenvalue weighted by Gasteiger charge is -2.23. The molecule has 0 aromatic heterocycles. The van der Waals surface area contributed by atoms with Crippen LogP contribution < -0.4 is 0 Å². The summed E-state index contributed by atoms with van der Waals surface area (Å²) in [6.07, 6.45) is 2.03. The summed E-state index contributed by atoms with van der Waals surface area (Å²) in [5, 5.41) is 8.71. The van der Waals surface area contributed by atoms with Gasteiger partial charge in [0.1, 0.15) is 13.2 Å². The van der Waals surface area contributed by atoms with E-state index in [1.807, 2.05) is 13.8 Å². The smallest absolute Gasteiger partial charge is 0.311 e. The average molecular weight is 561 g/mol. The van der Waals surface area contributed by atoms with E-state index in [-0.39, 0.29) is 32.0 Å². The van der Waals surface area contributed by atoms with Crippen LogP contribution in [0.4, 0.5) is 0 Å². The van der Waals surface area contributed by atoms with Crippen LogP contribution in [-0.2, 0) is 52.5 Å². The summed E-state index contributed by atoms with van der Waals surface area (Å²) >= 11 is 0. The number of aliphatic carboxylic acids is 1. The van der Waals surface area contributed by atoms with Gasteiger partial charge in [0.25, 0.3) is 0 Å². The molecule has 0 rings (SSSR count). The third kappa shape index (κ3) is 19.5. The number of carbonyl (C=O) groups excluding carboxylic acids is 5. The number of unbranched alkanes of at least 4 members (excludes halogenated alkanes) is 3. The Balaban J connectivity index is 4.36. The Morgan fingerprint density at radius 1 is 0.641 bits per heavy atom. The van der Waals surface area contributed by atoms with Crippen LogP contribution >= 0.6 is 0 Å². The van der Waals surface area contributed by atoms with Crippen molar-refractivity contribution in [2.75, 3.05) is 26.4 Å². The number of carboxylic acids is 1. The van der Waals surface area contributed by atoms with Crippen LogP contribution in [0.5, 0.6) is 0 Å². The highest BCUT2D eigenvalue weighted by Crippen LogP contribution is 2.21. The van der Waals surface area contributed by atoms with Crippen molar-refractivity contribution >= 4 is 35.8 Å². The standard InChI is InChI=1S/C27H44O12/c1-5-7-16-35-22(30)11-9-8-10-17-36-23(31)14-15-24(32)37-18-20(39-25(33)13-12-21(28)29)19-38-26(34)27(3,4)6-2/h20H,5-19H2,1-4H3,(H,28,29). The molecule has 0 aliphatic rings. The van der Waals surface area contributed by atoms with Gasteiger partial charge in [-0.05, 0) is 46.0 Å². The molecule has 0 saturated carbocycles. The van der Waals surface area contributed by atoms with E-state index in [1.54, 1.807) is 13.8 Å². The van der Waals surface area contributed by atoms with Gasteiger partial charge in [-0.3, -0.25) is 28.8 Å². The number of carbonyl (C=O) groups is 6. The molecule has 0 amide bonds. The lowest BCUT2D eigenvalue weighted by atomic mass is 9.91. The summed E-state index contributed by atoms with van der Waals surface area (Å²) in [6, 6.07) is 0. The van der Waals surface area contributed by atoms with Gasteiger partial charge >= 0.3 is 35.8 Å². The van der Waals surface area contributed by atoms with E-state index in [1.165, 1.54) is 0 Å². The van der Waals surface area contributed by atoms with Crippen molar-refractivity contribution in [1.82, 2.24) is 0 Å². The lowest BCUT2D eigenvalue weighted by Crippen LogP contribution is -2.34. The van der Waals surface area contributed by atoms with Gasteiger partial charge in [0.2, 0.25) is 0 Å². The number of hydrogen-bond acceptors (Lipinski definition) is 11. The van der Waals surface area contributed by atoms with Crippen LogP contribution in [0, 0.1) is 5.41 Å². The molecule has 0 spiro atoms. The van der Waals surface area contributed by atoms with Gasteiger partial charge in [0.05, 0.1) is 44.3 Å². The monoisotopic (exact) mass is 560 g/mol. The molecule has 0 aromatic rings. The molecule has 12 heteroatoms. The van der Waals surface area contributed by atoms with Gasteiger partial charge in [-0.25, -0.2) is 0 Å². The molecule has 0 saturated heterocycles. The second-order valence-electron chi connectivity index (χ2n) is 9.63. The quantitative estimate of drug-likeness (QED) is 0.116. The van der Waals surface area contributed by atoms with Crippen molar-refractivity contribution in [3.63, 3.8) is 0 Å². The minimum Gasteiger partial charge on any atom is -0.481 e. The molecule has 0 aliphatic heterocycles. The number of carboxylic acid groups (broad SMARTS) is 1. The van der Waals surface area contributed by atoms with Crippen molar-refractivity contribution in [3.8, 4) is 0 Å². The van der Waals surface area contributed by atoms with Crippen molar-refractivity contribution in [1.29, 1.82) is 0 Å². The fourth-order valence-electron chi connectivity index (χ4n) is 2.75. The first-order chi connectivity index (χ1) is 18.4. The van der Waals surface area contributed by atoms with Gasteiger partial charge in [-0.2, -0.15) is 0 Å². The molecule has 0 aromatic carbocycles. The molecule has 0 bridgehead atoms. The Labute approximate surface area is 230 Å². The van der Waals surface area contributed by atoms with Crippen LogP contribution in [0.3, 0.4) is 0 Å². The van der Waals surface area contributed by atoms with E-state index >= 15 is 0 Å². The third-order valence-electron chi connectivity index (χ3n) is 5.69. The van der Waals surface area contributed by atoms with E-state index in [2.05, 4.69) is 0 Å². The van der Waals surface area contributed by atoms with Crippen molar-refractivity contribution in [3.05, 3.63) is 0 Å². The number of hydrogen-bond donors (Lipinski definition) is 1. The van der Waals surface area contributed by atoms with Crippen LogP contribution in [0.1, 0.15) is 98.3 Å². The molecule has 1 atom stereocenters. The highest BCUT2D eigenvalue weighted by atomic mass is 16.6. The molecule has 1 N–H and O–H groups in total. The third-order valence-corrected chi connectivity index (χ3v) is 5.69. The maximum absolute atomic E-state index is 12.2. The van der Waals surface area contributed by atoms with Gasteiger partial charge in [-0.15, -0.1) is 0 Å². The summed E-state index contributed by atoms with van der Waals surface area (Å²) in [6.45, 7) is 6.97. The molecular weight excluding hydrogens is 516 g/mol. The molecule has 0 aliphatic carbocycles. The highest BCUT2D eigenvalue weighted by molar-refractivity contribution is 5.78. The molecule has 0 heterocycles. The molecule has 39 heavy (non-hydrogen) atoms. The lowest BCUT2D eigenvalue weighted by molar-refractivity contribution is -0.171.